The lowest BCUT2D eigenvalue weighted by Crippen LogP contribution is -2.34. The monoisotopic (exact) mass is 490 g/mol. The Morgan fingerprint density at radius 3 is 1.88 bits per heavy atom. The van der Waals surface area contributed by atoms with Crippen molar-refractivity contribution in [3.8, 4) is 17.2 Å². The van der Waals surface area contributed by atoms with Crippen LogP contribution in [0.25, 0.3) is 16.8 Å². The first-order valence-electron chi connectivity index (χ1n) is 11.2. The Kier molecular flexibility index (Phi) is 6.66. The van der Waals surface area contributed by atoms with E-state index in [2.05, 4.69) is 36.4 Å². The molecule has 0 saturated carbocycles. The van der Waals surface area contributed by atoms with E-state index in [1.54, 1.807) is 0 Å². The highest BCUT2D eigenvalue weighted by atomic mass is 35.5. The second-order valence-corrected chi connectivity index (χ2v) is 8.73. The molecule has 5 heteroatoms. The van der Waals surface area contributed by atoms with Crippen molar-refractivity contribution >= 4 is 40.1 Å². The third-order valence-electron chi connectivity index (χ3n) is 5.92. The SMILES string of the molecule is ClCCOc1cc2ccc3c(c2cc1OCCCl)C=CC(c1ccccc1)(c1ccccc1)O3. The van der Waals surface area contributed by atoms with Crippen molar-refractivity contribution in [2.45, 2.75) is 5.60 Å². The smallest absolute Gasteiger partial charge is 0.178 e. The zero-order chi connectivity index (χ0) is 23.4. The van der Waals surface area contributed by atoms with Gasteiger partial charge in [-0.05, 0) is 41.1 Å². The van der Waals surface area contributed by atoms with Crippen molar-refractivity contribution in [2.24, 2.45) is 0 Å². The van der Waals surface area contributed by atoms with Crippen LogP contribution in [0, 0.1) is 0 Å². The molecule has 34 heavy (non-hydrogen) atoms. The number of hydrogen-bond acceptors (Lipinski definition) is 3. The van der Waals surface area contributed by atoms with Crippen LogP contribution in [-0.2, 0) is 5.60 Å². The highest BCUT2D eigenvalue weighted by molar-refractivity contribution is 6.18. The number of fused-ring (bicyclic) bond motifs is 3. The normalized spacial score (nSPS) is 13.8. The van der Waals surface area contributed by atoms with Crippen LogP contribution in [0.3, 0.4) is 0 Å². The van der Waals surface area contributed by atoms with Gasteiger partial charge in [0.25, 0.3) is 0 Å². The van der Waals surface area contributed by atoms with E-state index in [0.717, 1.165) is 33.2 Å². The Morgan fingerprint density at radius 2 is 1.29 bits per heavy atom. The molecule has 1 heterocycles. The summed E-state index contributed by atoms with van der Waals surface area (Å²) in [6, 6.07) is 28.6. The molecule has 0 atom stereocenters. The lowest BCUT2D eigenvalue weighted by atomic mass is 9.83. The molecule has 4 aromatic carbocycles. The largest absolute Gasteiger partial charge is 0.488 e. The Morgan fingerprint density at radius 1 is 0.706 bits per heavy atom. The molecule has 1 aliphatic rings. The second kappa shape index (κ2) is 10.0. The van der Waals surface area contributed by atoms with Crippen molar-refractivity contribution < 1.29 is 14.2 Å². The van der Waals surface area contributed by atoms with Gasteiger partial charge >= 0.3 is 0 Å². The zero-order valence-electron chi connectivity index (χ0n) is 18.5. The predicted octanol–water partition coefficient (Wildman–Crippen LogP) is 7.42. The van der Waals surface area contributed by atoms with Gasteiger partial charge in [0.2, 0.25) is 0 Å². The highest BCUT2D eigenvalue weighted by Crippen LogP contribution is 2.45. The van der Waals surface area contributed by atoms with Crippen LogP contribution in [0.4, 0.5) is 0 Å². The Balaban J connectivity index is 1.64. The number of alkyl halides is 2. The van der Waals surface area contributed by atoms with Crippen molar-refractivity contribution in [2.75, 3.05) is 25.0 Å². The first-order chi connectivity index (χ1) is 16.7. The minimum absolute atomic E-state index is 0.386. The van der Waals surface area contributed by atoms with E-state index in [1.807, 2.05) is 60.7 Å². The lowest BCUT2D eigenvalue weighted by Gasteiger charge is -2.36. The summed E-state index contributed by atoms with van der Waals surface area (Å²) in [7, 11) is 0. The molecule has 0 amide bonds. The molecular formula is C29H24Cl2O3. The third-order valence-corrected chi connectivity index (χ3v) is 6.22. The van der Waals surface area contributed by atoms with E-state index in [4.69, 9.17) is 37.4 Å². The molecule has 5 rings (SSSR count). The van der Waals surface area contributed by atoms with E-state index in [0.29, 0.717) is 36.5 Å². The second-order valence-electron chi connectivity index (χ2n) is 7.98. The third kappa shape index (κ3) is 4.22. The maximum absolute atomic E-state index is 6.82. The van der Waals surface area contributed by atoms with Gasteiger partial charge in [-0.1, -0.05) is 66.7 Å². The van der Waals surface area contributed by atoms with Crippen LogP contribution in [0.15, 0.2) is 91.0 Å². The maximum Gasteiger partial charge on any atom is 0.178 e. The quantitative estimate of drug-likeness (QED) is 0.240. The van der Waals surface area contributed by atoms with Gasteiger partial charge in [0.1, 0.15) is 19.0 Å². The van der Waals surface area contributed by atoms with Crippen molar-refractivity contribution in [3.05, 3.63) is 108 Å². The average molecular weight is 491 g/mol. The fraction of sp³-hybridized carbons (Fsp3) is 0.172. The van der Waals surface area contributed by atoms with Crippen LogP contribution < -0.4 is 14.2 Å². The number of hydrogen-bond donors (Lipinski definition) is 0. The molecule has 0 aromatic heterocycles. The summed E-state index contributed by atoms with van der Waals surface area (Å²) in [6.07, 6.45) is 4.28. The zero-order valence-corrected chi connectivity index (χ0v) is 20.1. The van der Waals surface area contributed by atoms with Gasteiger partial charge in [0.15, 0.2) is 17.1 Å². The molecule has 0 saturated heterocycles. The van der Waals surface area contributed by atoms with Crippen LogP contribution in [0.2, 0.25) is 0 Å². The average Bonchev–Trinajstić information content (AvgIpc) is 2.91. The van der Waals surface area contributed by atoms with E-state index >= 15 is 0 Å². The van der Waals surface area contributed by atoms with Crippen LogP contribution in [0.1, 0.15) is 16.7 Å². The van der Waals surface area contributed by atoms with E-state index < -0.39 is 5.60 Å². The maximum atomic E-state index is 6.82. The Hall–Kier alpha value is -3.14. The van der Waals surface area contributed by atoms with Gasteiger partial charge < -0.3 is 14.2 Å². The van der Waals surface area contributed by atoms with Crippen LogP contribution in [-0.4, -0.2) is 25.0 Å². The summed E-state index contributed by atoms with van der Waals surface area (Å²) in [4.78, 5) is 0. The van der Waals surface area contributed by atoms with Crippen molar-refractivity contribution in [1.29, 1.82) is 0 Å². The van der Waals surface area contributed by atoms with Crippen molar-refractivity contribution in [3.63, 3.8) is 0 Å². The topological polar surface area (TPSA) is 27.7 Å². The molecule has 0 bridgehead atoms. The summed E-state index contributed by atoms with van der Waals surface area (Å²) in [5.41, 5.74) is 2.42. The van der Waals surface area contributed by atoms with Gasteiger partial charge in [-0.3, -0.25) is 0 Å². The molecule has 0 fully saturated rings. The molecule has 172 valence electrons. The molecule has 0 aliphatic carbocycles. The molecule has 0 spiro atoms. The summed E-state index contributed by atoms with van der Waals surface area (Å²) < 4.78 is 18.6. The molecule has 1 aliphatic heterocycles. The lowest BCUT2D eigenvalue weighted by molar-refractivity contribution is 0.161. The van der Waals surface area contributed by atoms with E-state index in [9.17, 15) is 0 Å². The van der Waals surface area contributed by atoms with Gasteiger partial charge in [-0.2, -0.15) is 0 Å². The van der Waals surface area contributed by atoms with E-state index in [-0.39, 0.29) is 0 Å². The summed E-state index contributed by atoms with van der Waals surface area (Å²) >= 11 is 11.7. The first-order valence-corrected chi connectivity index (χ1v) is 12.3. The molecule has 3 nitrogen and oxygen atoms in total. The Labute approximate surface area is 209 Å². The van der Waals surface area contributed by atoms with Gasteiger partial charge in [0, 0.05) is 16.7 Å². The molecular weight excluding hydrogens is 467 g/mol. The summed E-state index contributed by atoms with van der Waals surface area (Å²) in [5.74, 6) is 2.89. The minimum Gasteiger partial charge on any atom is -0.488 e. The fourth-order valence-corrected chi connectivity index (χ4v) is 4.53. The minimum atomic E-state index is -0.718. The number of rotatable bonds is 8. The summed E-state index contributed by atoms with van der Waals surface area (Å²) in [5, 5.41) is 2.05. The molecule has 0 radical (unpaired) electrons. The number of ether oxygens (including phenoxy) is 3. The van der Waals surface area contributed by atoms with Crippen LogP contribution in [0.5, 0.6) is 17.2 Å². The Bertz CT molecular complexity index is 1260. The summed E-state index contributed by atoms with van der Waals surface area (Å²) in [6.45, 7) is 0.783. The highest BCUT2D eigenvalue weighted by Gasteiger charge is 2.37. The van der Waals surface area contributed by atoms with Gasteiger partial charge in [-0.25, -0.2) is 0 Å². The van der Waals surface area contributed by atoms with Crippen LogP contribution >= 0.6 is 23.2 Å². The molecule has 0 unspecified atom stereocenters. The van der Waals surface area contributed by atoms with E-state index in [1.165, 1.54) is 0 Å². The van der Waals surface area contributed by atoms with Gasteiger partial charge in [0.05, 0.1) is 11.8 Å². The molecule has 0 N–H and O–H groups in total. The van der Waals surface area contributed by atoms with Crippen molar-refractivity contribution in [1.82, 2.24) is 0 Å². The first kappa shape index (κ1) is 22.6. The number of benzene rings is 4. The standard InChI is InChI=1S/C29H24Cl2O3/c30-15-17-32-27-19-21-11-12-26-24(25(21)20-28(27)33-18-16-31)13-14-29(34-26,22-7-3-1-4-8-22)23-9-5-2-6-10-23/h1-14,19-20H,15-18H2. The van der Waals surface area contributed by atoms with Gasteiger partial charge in [-0.15, -0.1) is 23.2 Å². The predicted molar refractivity (Wildman–Crippen MR) is 140 cm³/mol. The molecule has 4 aromatic rings. The number of halogens is 2. The fourth-order valence-electron chi connectivity index (χ4n) is 4.37.